The first-order valence-corrected chi connectivity index (χ1v) is 24.7. The monoisotopic (exact) mass is 855 g/mol. The van der Waals surface area contributed by atoms with Gasteiger partial charge in [0.1, 0.15) is 6.61 Å². The first kappa shape index (κ1) is 58.0. The highest BCUT2D eigenvalue weighted by Gasteiger charge is 2.17. The maximum absolute atomic E-state index is 12.8. The summed E-state index contributed by atoms with van der Waals surface area (Å²) in [6, 6.07) is 0. The van der Waals surface area contributed by atoms with Crippen molar-refractivity contribution in [1.82, 2.24) is 0 Å². The van der Waals surface area contributed by atoms with E-state index in [1.165, 1.54) is 38.5 Å². The van der Waals surface area contributed by atoms with Gasteiger partial charge in [0.15, 0.2) is 6.10 Å². The van der Waals surface area contributed by atoms with E-state index in [1.807, 2.05) is 0 Å². The van der Waals surface area contributed by atoms with Crippen molar-refractivity contribution in [1.29, 1.82) is 0 Å². The molecule has 1 unspecified atom stereocenters. The van der Waals surface area contributed by atoms with Gasteiger partial charge < -0.3 is 14.2 Å². The Morgan fingerprint density at radius 2 is 0.742 bits per heavy atom. The molecule has 0 heterocycles. The summed E-state index contributed by atoms with van der Waals surface area (Å²) in [5.41, 5.74) is 0. The third-order valence-electron chi connectivity index (χ3n) is 9.63. The topological polar surface area (TPSA) is 61.8 Å². The lowest BCUT2D eigenvalue weighted by molar-refractivity contribution is -0.162. The molecule has 0 radical (unpaired) electrons. The lowest BCUT2D eigenvalue weighted by Gasteiger charge is -2.18. The van der Waals surface area contributed by atoms with Gasteiger partial charge in [0.05, 0.1) is 6.61 Å². The minimum atomic E-state index is -0.595. The second kappa shape index (κ2) is 51.4. The fraction of sp³-hybridized carbons (Fsp3) is 0.579. The van der Waals surface area contributed by atoms with Gasteiger partial charge in [0.25, 0.3) is 0 Å². The lowest BCUT2D eigenvalue weighted by Crippen LogP contribution is -2.30. The summed E-state index contributed by atoms with van der Waals surface area (Å²) in [4.78, 5) is 25.3. The van der Waals surface area contributed by atoms with Crippen molar-refractivity contribution >= 4 is 11.9 Å². The van der Waals surface area contributed by atoms with Gasteiger partial charge in [-0.3, -0.25) is 9.59 Å². The molecule has 0 spiro atoms. The highest BCUT2D eigenvalue weighted by atomic mass is 16.6. The number of esters is 2. The molecule has 0 saturated carbocycles. The summed E-state index contributed by atoms with van der Waals surface area (Å²) < 4.78 is 17.3. The summed E-state index contributed by atoms with van der Waals surface area (Å²) in [5.74, 6) is -0.531. The molecule has 0 bridgehead atoms. The van der Waals surface area contributed by atoms with Crippen LogP contribution >= 0.6 is 0 Å². The van der Waals surface area contributed by atoms with Gasteiger partial charge in [-0.2, -0.15) is 0 Å². The van der Waals surface area contributed by atoms with Crippen molar-refractivity contribution in [2.45, 2.75) is 194 Å². The third-order valence-corrected chi connectivity index (χ3v) is 9.63. The Morgan fingerprint density at radius 3 is 1.21 bits per heavy atom. The molecule has 0 amide bonds. The van der Waals surface area contributed by atoms with Gasteiger partial charge in [-0.25, -0.2) is 0 Å². The minimum absolute atomic E-state index is 0.0255. The van der Waals surface area contributed by atoms with Gasteiger partial charge in [0.2, 0.25) is 0 Å². The predicted molar refractivity (Wildman–Crippen MR) is 269 cm³/mol. The number of rotatable bonds is 43. The number of hydrogen-bond donors (Lipinski definition) is 0. The number of ether oxygens (including phenoxy) is 3. The molecule has 0 aliphatic carbocycles. The molecule has 0 aliphatic heterocycles. The van der Waals surface area contributed by atoms with Gasteiger partial charge in [-0.05, 0) is 122 Å². The Hall–Kier alpha value is -3.96. The van der Waals surface area contributed by atoms with E-state index in [-0.39, 0.29) is 25.2 Å². The quantitative estimate of drug-likeness (QED) is 0.0347. The number of hydrogen-bond acceptors (Lipinski definition) is 5. The number of allylic oxidation sites excluding steroid dienone is 22. The smallest absolute Gasteiger partial charge is 0.306 e. The molecule has 0 aromatic rings. The van der Waals surface area contributed by atoms with Crippen LogP contribution in [-0.4, -0.2) is 37.9 Å². The lowest BCUT2D eigenvalue weighted by atomic mass is 10.1. The molecule has 0 rings (SSSR count). The Labute approximate surface area is 381 Å². The molecular weight excluding hydrogens is 765 g/mol. The van der Waals surface area contributed by atoms with Crippen molar-refractivity contribution in [3.05, 3.63) is 134 Å². The van der Waals surface area contributed by atoms with Crippen LogP contribution in [0.3, 0.4) is 0 Å². The molecule has 0 aliphatic rings. The van der Waals surface area contributed by atoms with Crippen LogP contribution in [0.2, 0.25) is 0 Å². The minimum Gasteiger partial charge on any atom is -0.462 e. The van der Waals surface area contributed by atoms with Crippen LogP contribution in [0.5, 0.6) is 0 Å². The molecule has 0 saturated heterocycles. The average molecular weight is 855 g/mol. The van der Waals surface area contributed by atoms with Gasteiger partial charge >= 0.3 is 11.9 Å². The number of carbonyl (C=O) groups is 2. The van der Waals surface area contributed by atoms with Gasteiger partial charge in [-0.1, -0.05) is 187 Å². The van der Waals surface area contributed by atoms with Crippen LogP contribution in [0.4, 0.5) is 0 Å². The van der Waals surface area contributed by atoms with Crippen LogP contribution < -0.4 is 0 Å². The maximum Gasteiger partial charge on any atom is 0.306 e. The van der Waals surface area contributed by atoms with E-state index in [0.29, 0.717) is 19.4 Å². The van der Waals surface area contributed by atoms with E-state index in [4.69, 9.17) is 14.2 Å². The number of unbranched alkanes of at least 4 members (excludes halogenated alkanes) is 10. The molecule has 0 aromatic carbocycles. The Morgan fingerprint density at radius 1 is 0.371 bits per heavy atom. The highest BCUT2D eigenvalue weighted by Crippen LogP contribution is 2.10. The fourth-order valence-electron chi connectivity index (χ4n) is 6.04. The summed E-state index contributed by atoms with van der Waals surface area (Å²) in [7, 11) is 0. The standard InChI is InChI=1S/C57H90O5/c1-4-7-10-13-16-19-22-25-28-29-31-32-35-38-41-44-47-50-56(58)61-54-55(53-60-52-49-46-43-40-37-34-27-24-21-18-15-12-9-6-3)62-57(59)51-48-45-42-39-36-33-30-26-23-20-17-14-11-8-5-2/h7-8,10-12,15-17,19-21,24-26,28,30-32,36,38-39,41,55H,4-6,9,13-14,18,22-23,27,29,33-35,37,40,42-54H2,1-3H3/b10-7-,11-8-,15-12-,19-16-,20-17-,24-21-,28-25-,30-26-,32-31-,39-36-,41-38-. The molecule has 0 fully saturated rings. The fourth-order valence-corrected chi connectivity index (χ4v) is 6.04. The normalized spacial score (nSPS) is 13.4. The molecule has 0 N–H and O–H groups in total. The molecule has 0 aromatic heterocycles. The predicted octanol–water partition coefficient (Wildman–Crippen LogP) is 16.8. The van der Waals surface area contributed by atoms with E-state index < -0.39 is 6.10 Å². The van der Waals surface area contributed by atoms with Crippen molar-refractivity contribution in [2.24, 2.45) is 0 Å². The zero-order valence-corrected chi connectivity index (χ0v) is 39.8. The van der Waals surface area contributed by atoms with Gasteiger partial charge in [-0.15, -0.1) is 0 Å². The second-order valence-corrected chi connectivity index (χ2v) is 15.6. The second-order valence-electron chi connectivity index (χ2n) is 15.6. The SMILES string of the molecule is CC/C=C\C/C=C\C/C=C\C/C=C\C/C=C\CCCC(=O)OCC(COCCCCCCCC/C=C\C/C=C\CCC)OC(=O)CCCC/C=C\C/C=C\C/C=C\C/C=C\CC. The van der Waals surface area contributed by atoms with E-state index in [9.17, 15) is 9.59 Å². The first-order valence-electron chi connectivity index (χ1n) is 24.7. The molecular formula is C57H90O5. The maximum atomic E-state index is 12.8. The molecule has 1 atom stereocenters. The summed E-state index contributed by atoms with van der Waals surface area (Å²) in [6.45, 7) is 7.38. The Bertz CT molecular complexity index is 1330. The summed E-state index contributed by atoms with van der Waals surface area (Å²) in [6.07, 6.45) is 73.2. The number of carbonyl (C=O) groups excluding carboxylic acids is 2. The molecule has 5 nitrogen and oxygen atoms in total. The van der Waals surface area contributed by atoms with Crippen LogP contribution in [0.15, 0.2) is 134 Å². The van der Waals surface area contributed by atoms with Crippen molar-refractivity contribution in [2.75, 3.05) is 19.8 Å². The summed E-state index contributed by atoms with van der Waals surface area (Å²) >= 11 is 0. The zero-order chi connectivity index (χ0) is 44.9. The van der Waals surface area contributed by atoms with E-state index in [2.05, 4.69) is 154 Å². The van der Waals surface area contributed by atoms with Crippen LogP contribution in [0, 0.1) is 0 Å². The zero-order valence-electron chi connectivity index (χ0n) is 39.8. The largest absolute Gasteiger partial charge is 0.462 e. The first-order chi connectivity index (χ1) is 30.6. The Kier molecular flexibility index (Phi) is 48.1. The summed E-state index contributed by atoms with van der Waals surface area (Å²) in [5, 5.41) is 0. The van der Waals surface area contributed by atoms with Crippen molar-refractivity contribution in [3.63, 3.8) is 0 Å². The van der Waals surface area contributed by atoms with Crippen molar-refractivity contribution in [3.8, 4) is 0 Å². The van der Waals surface area contributed by atoms with Crippen molar-refractivity contribution < 1.29 is 23.8 Å². The van der Waals surface area contributed by atoms with E-state index in [1.54, 1.807) is 0 Å². The highest BCUT2D eigenvalue weighted by molar-refractivity contribution is 5.70. The molecule has 348 valence electrons. The third kappa shape index (κ3) is 48.7. The van der Waals surface area contributed by atoms with E-state index >= 15 is 0 Å². The van der Waals surface area contributed by atoms with E-state index in [0.717, 1.165) is 116 Å². The molecule has 62 heavy (non-hydrogen) atoms. The van der Waals surface area contributed by atoms with Crippen LogP contribution in [0.1, 0.15) is 188 Å². The molecule has 5 heteroatoms. The van der Waals surface area contributed by atoms with Crippen LogP contribution in [0.25, 0.3) is 0 Å². The Balaban J connectivity index is 4.48. The van der Waals surface area contributed by atoms with Gasteiger partial charge in [0, 0.05) is 19.4 Å². The van der Waals surface area contributed by atoms with Crippen LogP contribution in [-0.2, 0) is 23.8 Å². The average Bonchev–Trinajstić information content (AvgIpc) is 3.27.